The van der Waals surface area contributed by atoms with Gasteiger partial charge in [0.25, 0.3) is 0 Å². The first kappa shape index (κ1) is 13.7. The zero-order valence-electron chi connectivity index (χ0n) is 11.9. The van der Waals surface area contributed by atoms with Crippen molar-refractivity contribution in [2.24, 2.45) is 0 Å². The Bertz CT molecular complexity index is 613. The molecule has 0 bridgehead atoms. The van der Waals surface area contributed by atoms with Crippen LogP contribution in [0, 0.1) is 5.82 Å². The smallest absolute Gasteiger partial charge is 0.161 e. The SMILES string of the molecule is CC(Nc1ccc(F)cc1)c1ccc2c(c1)OCCCO2. The van der Waals surface area contributed by atoms with Crippen LogP contribution in [-0.2, 0) is 0 Å². The summed E-state index contributed by atoms with van der Waals surface area (Å²) in [6.45, 7) is 3.43. The van der Waals surface area contributed by atoms with E-state index in [0.29, 0.717) is 13.2 Å². The second-order valence-corrected chi connectivity index (χ2v) is 5.13. The van der Waals surface area contributed by atoms with Crippen molar-refractivity contribution >= 4 is 5.69 Å². The van der Waals surface area contributed by atoms with Crippen molar-refractivity contribution in [1.29, 1.82) is 0 Å². The van der Waals surface area contributed by atoms with Crippen molar-refractivity contribution in [3.63, 3.8) is 0 Å². The summed E-state index contributed by atoms with van der Waals surface area (Å²) in [7, 11) is 0. The maximum absolute atomic E-state index is 12.9. The third-order valence-electron chi connectivity index (χ3n) is 3.50. The molecule has 21 heavy (non-hydrogen) atoms. The quantitative estimate of drug-likeness (QED) is 0.919. The van der Waals surface area contributed by atoms with E-state index in [0.717, 1.165) is 29.2 Å². The molecule has 2 aromatic carbocycles. The number of fused-ring (bicyclic) bond motifs is 1. The molecule has 0 spiro atoms. The molecule has 1 aliphatic heterocycles. The molecular formula is C17H18FNO2. The van der Waals surface area contributed by atoms with Gasteiger partial charge in [0.05, 0.1) is 13.2 Å². The molecule has 2 aromatic rings. The van der Waals surface area contributed by atoms with Gasteiger partial charge in [0.2, 0.25) is 0 Å². The van der Waals surface area contributed by atoms with Gasteiger partial charge < -0.3 is 14.8 Å². The van der Waals surface area contributed by atoms with Crippen LogP contribution in [0.5, 0.6) is 11.5 Å². The van der Waals surface area contributed by atoms with Crippen molar-refractivity contribution in [1.82, 2.24) is 0 Å². The van der Waals surface area contributed by atoms with Crippen LogP contribution < -0.4 is 14.8 Å². The van der Waals surface area contributed by atoms with Crippen LogP contribution in [-0.4, -0.2) is 13.2 Å². The normalized spacial score (nSPS) is 15.1. The summed E-state index contributed by atoms with van der Waals surface area (Å²) in [5, 5.41) is 3.34. The average molecular weight is 287 g/mol. The minimum atomic E-state index is -0.233. The predicted octanol–water partition coefficient (Wildman–Crippen LogP) is 4.16. The van der Waals surface area contributed by atoms with Gasteiger partial charge in [0.15, 0.2) is 11.5 Å². The molecule has 4 heteroatoms. The van der Waals surface area contributed by atoms with Crippen molar-refractivity contribution < 1.29 is 13.9 Å². The first-order chi connectivity index (χ1) is 10.2. The van der Waals surface area contributed by atoms with Gasteiger partial charge in [-0.15, -0.1) is 0 Å². The van der Waals surface area contributed by atoms with Gasteiger partial charge in [-0.05, 0) is 48.9 Å². The monoisotopic (exact) mass is 287 g/mol. The Morgan fingerprint density at radius 3 is 2.48 bits per heavy atom. The topological polar surface area (TPSA) is 30.5 Å². The van der Waals surface area contributed by atoms with Crippen LogP contribution >= 0.6 is 0 Å². The average Bonchev–Trinajstić information content (AvgIpc) is 2.74. The van der Waals surface area contributed by atoms with E-state index in [1.807, 2.05) is 18.2 Å². The van der Waals surface area contributed by atoms with Crippen LogP contribution in [0.1, 0.15) is 24.9 Å². The highest BCUT2D eigenvalue weighted by molar-refractivity contribution is 5.48. The Balaban J connectivity index is 1.76. The van der Waals surface area contributed by atoms with Crippen molar-refractivity contribution in [2.45, 2.75) is 19.4 Å². The van der Waals surface area contributed by atoms with Gasteiger partial charge in [-0.1, -0.05) is 6.07 Å². The standard InChI is InChI=1S/C17H18FNO2/c1-12(19-15-6-4-14(18)5-7-15)13-3-8-16-17(11-13)21-10-2-9-20-16/h3-8,11-12,19H,2,9-10H2,1H3. The molecule has 1 heterocycles. The lowest BCUT2D eigenvalue weighted by Crippen LogP contribution is -2.07. The second kappa shape index (κ2) is 6.04. The van der Waals surface area contributed by atoms with E-state index >= 15 is 0 Å². The summed E-state index contributed by atoms with van der Waals surface area (Å²) in [6, 6.07) is 12.4. The maximum Gasteiger partial charge on any atom is 0.161 e. The molecule has 3 nitrogen and oxygen atoms in total. The van der Waals surface area contributed by atoms with E-state index in [1.165, 1.54) is 12.1 Å². The zero-order chi connectivity index (χ0) is 14.7. The molecule has 1 N–H and O–H groups in total. The summed E-state index contributed by atoms with van der Waals surface area (Å²) >= 11 is 0. The molecule has 110 valence electrons. The van der Waals surface area contributed by atoms with E-state index in [4.69, 9.17) is 9.47 Å². The van der Waals surface area contributed by atoms with Crippen LogP contribution in [0.2, 0.25) is 0 Å². The Morgan fingerprint density at radius 1 is 1.00 bits per heavy atom. The van der Waals surface area contributed by atoms with Crippen molar-refractivity contribution in [3.05, 3.63) is 53.8 Å². The fraction of sp³-hybridized carbons (Fsp3) is 0.294. The van der Waals surface area contributed by atoms with Gasteiger partial charge in [-0.25, -0.2) is 4.39 Å². The first-order valence-electron chi connectivity index (χ1n) is 7.14. The fourth-order valence-electron chi connectivity index (χ4n) is 2.33. The Kier molecular flexibility index (Phi) is 3.95. The molecule has 0 saturated carbocycles. The number of nitrogens with one attached hydrogen (secondary N) is 1. The minimum Gasteiger partial charge on any atom is -0.490 e. The number of halogens is 1. The van der Waals surface area contributed by atoms with E-state index in [9.17, 15) is 4.39 Å². The highest BCUT2D eigenvalue weighted by Gasteiger charge is 2.13. The third-order valence-corrected chi connectivity index (χ3v) is 3.50. The highest BCUT2D eigenvalue weighted by atomic mass is 19.1. The molecule has 0 fully saturated rings. The molecule has 1 atom stereocenters. The summed E-state index contributed by atoms with van der Waals surface area (Å²) < 4.78 is 24.2. The Labute approximate surface area is 123 Å². The minimum absolute atomic E-state index is 0.0904. The van der Waals surface area contributed by atoms with Gasteiger partial charge in [-0.2, -0.15) is 0 Å². The second-order valence-electron chi connectivity index (χ2n) is 5.13. The van der Waals surface area contributed by atoms with Crippen LogP contribution in [0.3, 0.4) is 0 Å². The van der Waals surface area contributed by atoms with E-state index in [1.54, 1.807) is 12.1 Å². The molecular weight excluding hydrogens is 269 g/mol. The molecule has 0 aromatic heterocycles. The Morgan fingerprint density at radius 2 is 1.71 bits per heavy atom. The summed E-state index contributed by atoms with van der Waals surface area (Å²) in [5.74, 6) is 1.35. The lowest BCUT2D eigenvalue weighted by molar-refractivity contribution is 0.297. The molecule has 0 amide bonds. The predicted molar refractivity (Wildman–Crippen MR) is 80.5 cm³/mol. The molecule has 0 aliphatic carbocycles. The summed E-state index contributed by atoms with van der Waals surface area (Å²) in [4.78, 5) is 0. The first-order valence-corrected chi connectivity index (χ1v) is 7.14. The number of benzene rings is 2. The molecule has 1 aliphatic rings. The highest BCUT2D eigenvalue weighted by Crippen LogP contribution is 2.33. The number of hydrogen-bond donors (Lipinski definition) is 1. The fourth-order valence-corrected chi connectivity index (χ4v) is 2.33. The van der Waals surface area contributed by atoms with Gasteiger partial charge >= 0.3 is 0 Å². The number of ether oxygens (including phenoxy) is 2. The number of rotatable bonds is 3. The molecule has 0 saturated heterocycles. The van der Waals surface area contributed by atoms with E-state index in [-0.39, 0.29) is 11.9 Å². The van der Waals surface area contributed by atoms with Crippen LogP contribution in [0.15, 0.2) is 42.5 Å². The molecule has 1 unspecified atom stereocenters. The largest absolute Gasteiger partial charge is 0.490 e. The summed E-state index contributed by atoms with van der Waals surface area (Å²) in [6.07, 6.45) is 0.896. The number of anilines is 1. The van der Waals surface area contributed by atoms with Crippen LogP contribution in [0.4, 0.5) is 10.1 Å². The van der Waals surface area contributed by atoms with E-state index in [2.05, 4.69) is 12.2 Å². The molecule has 0 radical (unpaired) electrons. The zero-order valence-corrected chi connectivity index (χ0v) is 11.9. The van der Waals surface area contributed by atoms with E-state index < -0.39 is 0 Å². The molecule has 3 rings (SSSR count). The summed E-state index contributed by atoms with van der Waals surface area (Å²) in [5.41, 5.74) is 1.99. The Hall–Kier alpha value is -2.23. The number of hydrogen-bond acceptors (Lipinski definition) is 3. The van der Waals surface area contributed by atoms with Crippen molar-refractivity contribution in [2.75, 3.05) is 18.5 Å². The third kappa shape index (κ3) is 3.27. The van der Waals surface area contributed by atoms with Gasteiger partial charge in [0, 0.05) is 18.2 Å². The lowest BCUT2D eigenvalue weighted by atomic mass is 10.1. The maximum atomic E-state index is 12.9. The van der Waals surface area contributed by atoms with Gasteiger partial charge in [0.1, 0.15) is 5.82 Å². The lowest BCUT2D eigenvalue weighted by Gasteiger charge is -2.17. The van der Waals surface area contributed by atoms with Crippen LogP contribution in [0.25, 0.3) is 0 Å². The van der Waals surface area contributed by atoms with Crippen molar-refractivity contribution in [3.8, 4) is 11.5 Å². The van der Waals surface area contributed by atoms with Gasteiger partial charge in [-0.3, -0.25) is 0 Å².